The molecule has 1 N–H and O–H groups in total. The zero-order valence-electron chi connectivity index (χ0n) is 11.3. The summed E-state index contributed by atoms with van der Waals surface area (Å²) in [4.78, 5) is 15.9. The normalized spacial score (nSPS) is 12.4. The summed E-state index contributed by atoms with van der Waals surface area (Å²) in [6.45, 7) is 5.50. The molecule has 2 rings (SSSR count). The van der Waals surface area contributed by atoms with Gasteiger partial charge in [-0.15, -0.1) is 0 Å². The molecule has 1 amide bonds. The molecule has 100 valence electrons. The quantitative estimate of drug-likeness (QED) is 0.916. The summed E-state index contributed by atoms with van der Waals surface area (Å²) in [5.74, 6) is 0.833. The first-order valence-electron chi connectivity index (χ1n) is 6.27. The van der Waals surface area contributed by atoms with E-state index in [4.69, 9.17) is 4.52 Å². The number of benzene rings is 1. The van der Waals surface area contributed by atoms with Gasteiger partial charge in [-0.05, 0) is 6.92 Å². The first-order valence-corrected chi connectivity index (χ1v) is 6.27. The van der Waals surface area contributed by atoms with Crippen molar-refractivity contribution in [3.63, 3.8) is 0 Å². The second-order valence-electron chi connectivity index (χ2n) is 4.71. The molecular weight excluding hydrogens is 242 g/mol. The van der Waals surface area contributed by atoms with Crippen LogP contribution in [0.25, 0.3) is 11.4 Å². The Morgan fingerprint density at radius 1 is 1.21 bits per heavy atom. The summed E-state index contributed by atoms with van der Waals surface area (Å²) < 4.78 is 5.19. The Bertz CT molecular complexity index is 549. The van der Waals surface area contributed by atoms with Crippen LogP contribution in [-0.2, 0) is 4.79 Å². The second kappa shape index (κ2) is 5.65. The Hall–Kier alpha value is -2.17. The molecule has 0 fully saturated rings. The second-order valence-corrected chi connectivity index (χ2v) is 4.71. The topological polar surface area (TPSA) is 68.0 Å². The molecule has 0 spiro atoms. The van der Waals surface area contributed by atoms with Crippen molar-refractivity contribution in [2.24, 2.45) is 5.92 Å². The maximum absolute atomic E-state index is 11.6. The summed E-state index contributed by atoms with van der Waals surface area (Å²) in [5, 5.41) is 6.75. The number of aromatic nitrogens is 2. The van der Waals surface area contributed by atoms with Gasteiger partial charge in [-0.2, -0.15) is 4.98 Å². The molecule has 5 heteroatoms. The van der Waals surface area contributed by atoms with Crippen molar-refractivity contribution in [2.75, 3.05) is 0 Å². The van der Waals surface area contributed by atoms with Crippen LogP contribution in [0.5, 0.6) is 0 Å². The van der Waals surface area contributed by atoms with Gasteiger partial charge in [0.15, 0.2) is 0 Å². The van der Waals surface area contributed by atoms with E-state index in [1.807, 2.05) is 51.1 Å². The SMILES string of the molecule is CC(C)C(=O)N[C@H](C)c1nc(-c2ccccc2)no1. The Kier molecular flexibility index (Phi) is 3.94. The number of hydrogen-bond donors (Lipinski definition) is 1. The number of carbonyl (C=O) groups excluding carboxylic acids is 1. The van der Waals surface area contributed by atoms with Gasteiger partial charge in [0.05, 0.1) is 0 Å². The molecule has 0 radical (unpaired) electrons. The van der Waals surface area contributed by atoms with E-state index in [1.54, 1.807) is 0 Å². The fourth-order valence-corrected chi connectivity index (χ4v) is 1.56. The molecule has 1 heterocycles. The molecule has 2 aromatic rings. The highest BCUT2D eigenvalue weighted by atomic mass is 16.5. The maximum atomic E-state index is 11.6. The van der Waals surface area contributed by atoms with E-state index in [-0.39, 0.29) is 17.9 Å². The predicted octanol–water partition coefficient (Wildman–Crippen LogP) is 2.57. The summed E-state index contributed by atoms with van der Waals surface area (Å²) >= 11 is 0. The van der Waals surface area contributed by atoms with Gasteiger partial charge in [0.1, 0.15) is 6.04 Å². The van der Waals surface area contributed by atoms with Crippen LogP contribution in [0.2, 0.25) is 0 Å². The highest BCUT2D eigenvalue weighted by Gasteiger charge is 2.18. The van der Waals surface area contributed by atoms with Crippen LogP contribution in [-0.4, -0.2) is 16.0 Å². The summed E-state index contributed by atoms with van der Waals surface area (Å²) in [7, 11) is 0. The lowest BCUT2D eigenvalue weighted by Gasteiger charge is -2.11. The van der Waals surface area contributed by atoms with E-state index >= 15 is 0 Å². The molecular formula is C14H17N3O2. The molecule has 0 saturated carbocycles. The zero-order valence-corrected chi connectivity index (χ0v) is 11.3. The summed E-state index contributed by atoms with van der Waals surface area (Å²) in [6, 6.07) is 9.28. The smallest absolute Gasteiger partial charge is 0.249 e. The van der Waals surface area contributed by atoms with E-state index in [1.165, 1.54) is 0 Å². The van der Waals surface area contributed by atoms with Gasteiger partial charge in [-0.3, -0.25) is 4.79 Å². The van der Waals surface area contributed by atoms with E-state index in [2.05, 4.69) is 15.5 Å². The molecule has 0 unspecified atom stereocenters. The fraction of sp³-hybridized carbons (Fsp3) is 0.357. The molecule has 0 saturated heterocycles. The van der Waals surface area contributed by atoms with Crippen molar-refractivity contribution in [3.05, 3.63) is 36.2 Å². The third-order valence-corrected chi connectivity index (χ3v) is 2.73. The Morgan fingerprint density at radius 2 is 1.89 bits per heavy atom. The molecule has 1 aromatic heterocycles. The van der Waals surface area contributed by atoms with Gasteiger partial charge in [-0.1, -0.05) is 49.3 Å². The van der Waals surface area contributed by atoms with Gasteiger partial charge in [0.2, 0.25) is 17.6 Å². The van der Waals surface area contributed by atoms with Crippen LogP contribution < -0.4 is 5.32 Å². The van der Waals surface area contributed by atoms with E-state index in [0.29, 0.717) is 11.7 Å². The largest absolute Gasteiger partial charge is 0.344 e. The van der Waals surface area contributed by atoms with Crippen LogP contribution in [0.4, 0.5) is 0 Å². The molecule has 0 aliphatic heterocycles. The van der Waals surface area contributed by atoms with E-state index in [9.17, 15) is 4.79 Å². The predicted molar refractivity (Wildman–Crippen MR) is 71.1 cm³/mol. The number of hydrogen-bond acceptors (Lipinski definition) is 4. The fourth-order valence-electron chi connectivity index (χ4n) is 1.56. The van der Waals surface area contributed by atoms with Gasteiger partial charge in [-0.25, -0.2) is 0 Å². The lowest BCUT2D eigenvalue weighted by molar-refractivity contribution is -0.124. The van der Waals surface area contributed by atoms with Crippen LogP contribution in [0, 0.1) is 5.92 Å². The average Bonchev–Trinajstić information content (AvgIpc) is 2.89. The summed E-state index contributed by atoms with van der Waals surface area (Å²) in [5.41, 5.74) is 0.889. The minimum Gasteiger partial charge on any atom is -0.344 e. The standard InChI is InChI=1S/C14H17N3O2/c1-9(2)13(18)15-10(3)14-16-12(17-19-14)11-7-5-4-6-8-11/h4-10H,1-3H3,(H,15,18)/t10-/m1/s1. The van der Waals surface area contributed by atoms with Crippen LogP contribution in [0.3, 0.4) is 0 Å². The lowest BCUT2D eigenvalue weighted by atomic mass is 10.2. The van der Waals surface area contributed by atoms with Crippen molar-refractivity contribution < 1.29 is 9.32 Å². The molecule has 19 heavy (non-hydrogen) atoms. The number of amides is 1. The van der Waals surface area contributed by atoms with Gasteiger partial charge in [0, 0.05) is 11.5 Å². The first-order chi connectivity index (χ1) is 9.08. The maximum Gasteiger partial charge on any atom is 0.249 e. The van der Waals surface area contributed by atoms with Crippen molar-refractivity contribution in [2.45, 2.75) is 26.8 Å². The molecule has 1 atom stereocenters. The van der Waals surface area contributed by atoms with Crippen molar-refractivity contribution in [1.82, 2.24) is 15.5 Å². The monoisotopic (exact) mass is 259 g/mol. The molecule has 1 aromatic carbocycles. The Balaban J connectivity index is 2.11. The molecule has 0 aliphatic carbocycles. The van der Waals surface area contributed by atoms with Gasteiger partial charge in [0.25, 0.3) is 0 Å². The number of nitrogens with zero attached hydrogens (tertiary/aromatic N) is 2. The first kappa shape index (κ1) is 13.3. The van der Waals surface area contributed by atoms with E-state index in [0.717, 1.165) is 5.56 Å². The minimum absolute atomic E-state index is 0.0352. The van der Waals surface area contributed by atoms with Crippen molar-refractivity contribution in [1.29, 1.82) is 0 Å². The van der Waals surface area contributed by atoms with Crippen molar-refractivity contribution in [3.8, 4) is 11.4 Å². The third-order valence-electron chi connectivity index (χ3n) is 2.73. The zero-order chi connectivity index (χ0) is 13.8. The van der Waals surface area contributed by atoms with Crippen LogP contribution in [0.1, 0.15) is 32.7 Å². The minimum atomic E-state index is -0.292. The average molecular weight is 259 g/mol. The highest BCUT2D eigenvalue weighted by molar-refractivity contribution is 5.78. The molecule has 5 nitrogen and oxygen atoms in total. The van der Waals surface area contributed by atoms with E-state index < -0.39 is 0 Å². The Morgan fingerprint density at radius 3 is 2.53 bits per heavy atom. The van der Waals surface area contributed by atoms with Gasteiger partial charge >= 0.3 is 0 Å². The number of rotatable bonds is 4. The summed E-state index contributed by atoms with van der Waals surface area (Å²) in [6.07, 6.45) is 0. The lowest BCUT2D eigenvalue weighted by Crippen LogP contribution is -2.30. The Labute approximate surface area is 112 Å². The van der Waals surface area contributed by atoms with Crippen molar-refractivity contribution >= 4 is 5.91 Å². The van der Waals surface area contributed by atoms with Gasteiger partial charge < -0.3 is 9.84 Å². The highest BCUT2D eigenvalue weighted by Crippen LogP contribution is 2.18. The number of nitrogens with one attached hydrogen (secondary N) is 1. The van der Waals surface area contributed by atoms with Crippen LogP contribution in [0.15, 0.2) is 34.9 Å². The third kappa shape index (κ3) is 3.19. The molecule has 0 aliphatic rings. The van der Waals surface area contributed by atoms with Crippen LogP contribution >= 0.6 is 0 Å². The number of carbonyl (C=O) groups is 1. The molecule has 0 bridgehead atoms.